The van der Waals surface area contributed by atoms with E-state index in [0.717, 1.165) is 0 Å². The van der Waals surface area contributed by atoms with Crippen molar-refractivity contribution in [3.63, 3.8) is 0 Å². The number of carbonyl (C=O) groups is 1. The molecule has 2 N–H and O–H groups in total. The number of halogens is 1. The van der Waals surface area contributed by atoms with Crippen LogP contribution in [0.1, 0.15) is 28.4 Å². The van der Waals surface area contributed by atoms with E-state index in [1.54, 1.807) is 31.2 Å². The number of nitriles is 1. The van der Waals surface area contributed by atoms with E-state index in [4.69, 9.17) is 21.6 Å². The Morgan fingerprint density at radius 3 is 2.91 bits per heavy atom. The number of nitrogens with one attached hydrogen (secondary N) is 1. The summed E-state index contributed by atoms with van der Waals surface area (Å²) in [5.41, 5.74) is 1.52. The molecule has 2 rings (SSSR count). The first-order valence-corrected chi connectivity index (χ1v) is 7.21. The van der Waals surface area contributed by atoms with Crippen molar-refractivity contribution in [1.82, 2.24) is 4.98 Å². The number of hydrogen-bond donors (Lipinski definition) is 2. The lowest BCUT2D eigenvalue weighted by atomic mass is 10.1. The number of anilines is 2. The number of hydrogen-bond acceptors (Lipinski definition) is 6. The highest BCUT2D eigenvalue weighted by molar-refractivity contribution is 6.30. The smallest absolute Gasteiger partial charge is 0.341 e. The zero-order valence-corrected chi connectivity index (χ0v) is 13.1. The van der Waals surface area contributed by atoms with Crippen molar-refractivity contribution in [3.8, 4) is 6.07 Å². The van der Waals surface area contributed by atoms with Crippen molar-refractivity contribution in [2.75, 3.05) is 11.9 Å². The molecule has 0 amide bonds. The van der Waals surface area contributed by atoms with Gasteiger partial charge in [-0.15, -0.1) is 0 Å². The molecule has 0 aliphatic heterocycles. The van der Waals surface area contributed by atoms with Crippen LogP contribution in [-0.4, -0.2) is 22.7 Å². The summed E-state index contributed by atoms with van der Waals surface area (Å²) >= 11 is 5.94. The minimum Gasteiger partial charge on any atom is -0.462 e. The summed E-state index contributed by atoms with van der Waals surface area (Å²) in [6.07, 6.45) is 0. The number of carbonyl (C=O) groups excluding carboxylic acids is 1. The highest BCUT2D eigenvalue weighted by Crippen LogP contribution is 2.25. The molecule has 0 fully saturated rings. The maximum atomic E-state index is 12.1. The quantitative estimate of drug-likeness (QED) is 0.646. The van der Waals surface area contributed by atoms with Crippen molar-refractivity contribution in [2.45, 2.75) is 13.5 Å². The number of ether oxygens (including phenoxy) is 1. The van der Waals surface area contributed by atoms with Crippen LogP contribution in [0.25, 0.3) is 0 Å². The predicted molar refractivity (Wildman–Crippen MR) is 85.6 cm³/mol. The number of rotatable bonds is 5. The van der Waals surface area contributed by atoms with Crippen LogP contribution < -0.4 is 5.32 Å². The molecule has 2 aromatic rings. The standard InChI is InChI=1S/C16H14ClN3O3/c1-2-23-16(22)13-7-11(8-18)14(17)20-15(13)19-12-5-3-4-10(6-12)9-21/h3-7,21H,2,9H2,1H3,(H,19,20). The highest BCUT2D eigenvalue weighted by Gasteiger charge is 2.18. The zero-order chi connectivity index (χ0) is 16.8. The Kier molecular flexibility index (Phi) is 5.52. The number of aliphatic hydroxyl groups excluding tert-OH is 1. The van der Waals surface area contributed by atoms with E-state index in [1.807, 2.05) is 6.07 Å². The lowest BCUT2D eigenvalue weighted by molar-refractivity contribution is 0.0527. The van der Waals surface area contributed by atoms with Crippen molar-refractivity contribution in [3.05, 3.63) is 52.2 Å². The van der Waals surface area contributed by atoms with Gasteiger partial charge in [0.2, 0.25) is 0 Å². The summed E-state index contributed by atoms with van der Waals surface area (Å²) in [6.45, 7) is 1.77. The lowest BCUT2D eigenvalue weighted by Gasteiger charge is -2.12. The lowest BCUT2D eigenvalue weighted by Crippen LogP contribution is -2.10. The number of aromatic nitrogens is 1. The van der Waals surface area contributed by atoms with Gasteiger partial charge in [0.05, 0.1) is 18.8 Å². The Morgan fingerprint density at radius 1 is 1.48 bits per heavy atom. The van der Waals surface area contributed by atoms with E-state index < -0.39 is 5.97 Å². The molecular formula is C16H14ClN3O3. The third-order valence-corrected chi connectivity index (χ3v) is 3.25. The van der Waals surface area contributed by atoms with Crippen molar-refractivity contribution in [1.29, 1.82) is 5.26 Å². The van der Waals surface area contributed by atoms with Crippen molar-refractivity contribution in [2.24, 2.45) is 0 Å². The third kappa shape index (κ3) is 3.97. The first kappa shape index (κ1) is 16.7. The fourth-order valence-electron chi connectivity index (χ4n) is 1.91. The molecule has 118 valence electrons. The average Bonchev–Trinajstić information content (AvgIpc) is 2.55. The summed E-state index contributed by atoms with van der Waals surface area (Å²) < 4.78 is 4.98. The van der Waals surface area contributed by atoms with Gasteiger partial charge in [0, 0.05) is 5.69 Å². The number of pyridine rings is 1. The summed E-state index contributed by atoms with van der Waals surface area (Å²) in [6, 6.07) is 10.2. The molecule has 0 saturated heterocycles. The molecule has 1 aromatic carbocycles. The van der Waals surface area contributed by atoms with Crippen LogP contribution in [0.5, 0.6) is 0 Å². The average molecular weight is 332 g/mol. The summed E-state index contributed by atoms with van der Waals surface area (Å²) in [5.74, 6) is -0.420. The third-order valence-electron chi connectivity index (χ3n) is 2.96. The van der Waals surface area contributed by atoms with Crippen molar-refractivity contribution >= 4 is 29.1 Å². The van der Waals surface area contributed by atoms with Crippen LogP contribution in [0.15, 0.2) is 30.3 Å². The molecule has 0 aliphatic carbocycles. The fourth-order valence-corrected chi connectivity index (χ4v) is 2.09. The van der Waals surface area contributed by atoms with Crippen LogP contribution in [0.2, 0.25) is 5.15 Å². The van der Waals surface area contributed by atoms with Gasteiger partial charge >= 0.3 is 5.97 Å². The molecule has 23 heavy (non-hydrogen) atoms. The van der Waals surface area contributed by atoms with Crippen molar-refractivity contribution < 1.29 is 14.6 Å². The van der Waals surface area contributed by atoms with E-state index in [-0.39, 0.29) is 35.3 Å². The van der Waals surface area contributed by atoms with Gasteiger partial charge in [-0.25, -0.2) is 9.78 Å². The maximum Gasteiger partial charge on any atom is 0.341 e. The van der Waals surface area contributed by atoms with E-state index in [1.165, 1.54) is 6.07 Å². The number of benzene rings is 1. The summed E-state index contributed by atoms with van der Waals surface area (Å²) in [4.78, 5) is 16.1. The van der Waals surface area contributed by atoms with Gasteiger partial charge in [-0.2, -0.15) is 5.26 Å². The van der Waals surface area contributed by atoms with E-state index in [9.17, 15) is 9.90 Å². The maximum absolute atomic E-state index is 12.1. The Hall–Kier alpha value is -2.62. The molecule has 0 atom stereocenters. The van der Waals surface area contributed by atoms with Gasteiger partial charge in [0.25, 0.3) is 0 Å². The molecule has 1 heterocycles. The topological polar surface area (TPSA) is 95.2 Å². The molecule has 0 unspecified atom stereocenters. The van der Waals surface area contributed by atoms with E-state index in [0.29, 0.717) is 11.3 Å². The van der Waals surface area contributed by atoms with Gasteiger partial charge in [0.1, 0.15) is 22.6 Å². The predicted octanol–water partition coefficient (Wildman–Crippen LogP) is 3.02. The van der Waals surface area contributed by atoms with Crippen LogP contribution in [0, 0.1) is 11.3 Å². The highest BCUT2D eigenvalue weighted by atomic mass is 35.5. The minimum atomic E-state index is -0.603. The number of aliphatic hydroxyl groups is 1. The van der Waals surface area contributed by atoms with Gasteiger partial charge in [-0.3, -0.25) is 0 Å². The second-order valence-electron chi connectivity index (χ2n) is 4.54. The van der Waals surface area contributed by atoms with Crippen LogP contribution in [-0.2, 0) is 11.3 Å². The molecule has 0 spiro atoms. The first-order chi connectivity index (χ1) is 11.1. The minimum absolute atomic E-state index is 0.0126. The summed E-state index contributed by atoms with van der Waals surface area (Å²) in [7, 11) is 0. The second kappa shape index (κ2) is 7.58. The Morgan fingerprint density at radius 2 is 2.26 bits per heavy atom. The molecule has 7 heteroatoms. The van der Waals surface area contributed by atoms with Gasteiger partial charge < -0.3 is 15.2 Å². The molecule has 1 aromatic heterocycles. The first-order valence-electron chi connectivity index (χ1n) is 6.83. The van der Waals surface area contributed by atoms with Gasteiger partial charge in [-0.05, 0) is 30.7 Å². The van der Waals surface area contributed by atoms with E-state index >= 15 is 0 Å². The molecule has 0 aliphatic rings. The second-order valence-corrected chi connectivity index (χ2v) is 4.90. The molecule has 0 bridgehead atoms. The normalized spacial score (nSPS) is 10.0. The Balaban J connectivity index is 2.45. The van der Waals surface area contributed by atoms with Crippen LogP contribution in [0.3, 0.4) is 0 Å². The molecule has 0 radical (unpaired) electrons. The number of nitrogens with zero attached hydrogens (tertiary/aromatic N) is 2. The SMILES string of the molecule is CCOC(=O)c1cc(C#N)c(Cl)nc1Nc1cccc(CO)c1. The van der Waals surface area contributed by atoms with Crippen LogP contribution in [0.4, 0.5) is 11.5 Å². The van der Waals surface area contributed by atoms with Gasteiger partial charge in [0.15, 0.2) is 0 Å². The fraction of sp³-hybridized carbons (Fsp3) is 0.188. The largest absolute Gasteiger partial charge is 0.462 e. The Labute approximate surface area is 138 Å². The molecule has 0 saturated carbocycles. The Bertz CT molecular complexity index is 772. The molecular weight excluding hydrogens is 318 g/mol. The van der Waals surface area contributed by atoms with E-state index in [2.05, 4.69) is 10.3 Å². The zero-order valence-electron chi connectivity index (χ0n) is 12.3. The van der Waals surface area contributed by atoms with Gasteiger partial charge in [-0.1, -0.05) is 23.7 Å². The monoisotopic (exact) mass is 331 g/mol. The number of esters is 1. The summed E-state index contributed by atoms with van der Waals surface area (Å²) in [5, 5.41) is 21.2. The molecule has 6 nitrogen and oxygen atoms in total. The van der Waals surface area contributed by atoms with Crippen LogP contribution >= 0.6 is 11.6 Å².